The summed E-state index contributed by atoms with van der Waals surface area (Å²) in [6.45, 7) is 1.27. The quantitative estimate of drug-likeness (QED) is 0.925. The molecule has 0 bridgehead atoms. The minimum atomic E-state index is -0.447. The summed E-state index contributed by atoms with van der Waals surface area (Å²) in [6.07, 6.45) is 4.72. The number of pyridine rings is 1. The normalized spacial score (nSPS) is 21.8. The molecule has 2 N–H and O–H groups in total. The lowest BCUT2D eigenvalue weighted by Gasteiger charge is -2.22. The Hall–Kier alpha value is -1.59. The molecule has 116 valence electrons. The van der Waals surface area contributed by atoms with Crippen LogP contribution in [0.3, 0.4) is 0 Å². The Bertz CT molecular complexity index is 815. The Labute approximate surface area is 132 Å². The van der Waals surface area contributed by atoms with Gasteiger partial charge in [-0.1, -0.05) is 11.6 Å². The molecule has 4 rings (SSSR count). The Kier molecular flexibility index (Phi) is 3.16. The molecule has 0 amide bonds. The van der Waals surface area contributed by atoms with Gasteiger partial charge in [-0.2, -0.15) is 0 Å². The minimum absolute atomic E-state index is 0.0348. The van der Waals surface area contributed by atoms with Crippen LogP contribution in [0.15, 0.2) is 23.1 Å². The molecule has 1 aromatic carbocycles. The van der Waals surface area contributed by atoms with Crippen molar-refractivity contribution in [3.05, 3.63) is 39.4 Å². The van der Waals surface area contributed by atoms with Gasteiger partial charge in [-0.25, -0.2) is 4.39 Å². The molecule has 1 aromatic heterocycles. The lowest BCUT2D eigenvalue weighted by molar-refractivity contribution is 0.623. The van der Waals surface area contributed by atoms with Crippen LogP contribution in [-0.2, 0) is 0 Å². The summed E-state index contributed by atoms with van der Waals surface area (Å²) in [7, 11) is 0. The average molecular weight is 322 g/mol. The molecule has 1 saturated carbocycles. The number of hydrogen-bond acceptors (Lipinski definition) is 3. The monoisotopic (exact) mass is 321 g/mol. The highest BCUT2D eigenvalue weighted by molar-refractivity contribution is 6.38. The van der Waals surface area contributed by atoms with E-state index in [1.54, 1.807) is 6.20 Å². The maximum absolute atomic E-state index is 14.6. The van der Waals surface area contributed by atoms with E-state index in [4.69, 9.17) is 17.3 Å². The molecular formula is C16H17ClFN3O. The topological polar surface area (TPSA) is 51.3 Å². The van der Waals surface area contributed by atoms with Gasteiger partial charge in [0.2, 0.25) is 0 Å². The Morgan fingerprint density at radius 1 is 1.32 bits per heavy atom. The van der Waals surface area contributed by atoms with Crippen LogP contribution in [-0.4, -0.2) is 23.7 Å². The molecule has 1 aliphatic heterocycles. The fourth-order valence-corrected chi connectivity index (χ4v) is 3.70. The molecule has 1 unspecified atom stereocenters. The highest BCUT2D eigenvalue weighted by atomic mass is 35.5. The summed E-state index contributed by atoms with van der Waals surface area (Å²) in [6, 6.07) is 3.20. The summed E-state index contributed by atoms with van der Waals surface area (Å²) >= 11 is 6.54. The summed E-state index contributed by atoms with van der Waals surface area (Å²) in [5.74, 6) is -0.447. The van der Waals surface area contributed by atoms with E-state index in [0.29, 0.717) is 40.7 Å². The third kappa shape index (κ3) is 2.11. The maximum atomic E-state index is 14.6. The van der Waals surface area contributed by atoms with Gasteiger partial charge in [0.15, 0.2) is 5.43 Å². The lowest BCUT2D eigenvalue weighted by Crippen LogP contribution is -2.27. The molecule has 2 aromatic rings. The van der Waals surface area contributed by atoms with Crippen LogP contribution in [0.25, 0.3) is 10.9 Å². The van der Waals surface area contributed by atoms with Crippen molar-refractivity contribution in [1.82, 2.24) is 4.57 Å². The zero-order valence-electron chi connectivity index (χ0n) is 12.1. The van der Waals surface area contributed by atoms with E-state index in [1.807, 2.05) is 9.47 Å². The van der Waals surface area contributed by atoms with Crippen molar-refractivity contribution in [3.63, 3.8) is 0 Å². The van der Waals surface area contributed by atoms with Gasteiger partial charge in [-0.05, 0) is 25.3 Å². The molecule has 1 aliphatic carbocycles. The average Bonchev–Trinajstić information content (AvgIpc) is 3.23. The van der Waals surface area contributed by atoms with Crippen molar-refractivity contribution in [3.8, 4) is 0 Å². The van der Waals surface area contributed by atoms with Gasteiger partial charge in [-0.15, -0.1) is 0 Å². The molecule has 6 heteroatoms. The van der Waals surface area contributed by atoms with Gasteiger partial charge in [0.1, 0.15) is 5.82 Å². The highest BCUT2D eigenvalue weighted by Crippen LogP contribution is 2.42. The van der Waals surface area contributed by atoms with E-state index in [2.05, 4.69) is 0 Å². The summed E-state index contributed by atoms with van der Waals surface area (Å²) < 4.78 is 16.6. The maximum Gasteiger partial charge on any atom is 0.189 e. The Balaban J connectivity index is 1.98. The van der Waals surface area contributed by atoms with Crippen LogP contribution in [0, 0.1) is 5.82 Å². The molecule has 2 heterocycles. The van der Waals surface area contributed by atoms with Crippen molar-refractivity contribution in [2.45, 2.75) is 31.3 Å². The van der Waals surface area contributed by atoms with E-state index >= 15 is 0 Å². The summed E-state index contributed by atoms with van der Waals surface area (Å²) in [4.78, 5) is 14.0. The van der Waals surface area contributed by atoms with Crippen molar-refractivity contribution >= 4 is 28.2 Å². The van der Waals surface area contributed by atoms with Crippen LogP contribution in [0.2, 0.25) is 5.02 Å². The third-order valence-electron chi connectivity index (χ3n) is 4.56. The number of halogens is 2. The lowest BCUT2D eigenvalue weighted by atomic mass is 10.1. The molecule has 1 saturated heterocycles. The van der Waals surface area contributed by atoms with E-state index in [9.17, 15) is 9.18 Å². The van der Waals surface area contributed by atoms with Gasteiger partial charge in [0.25, 0.3) is 0 Å². The van der Waals surface area contributed by atoms with Gasteiger partial charge < -0.3 is 15.2 Å². The second kappa shape index (κ2) is 4.96. The smallest absolute Gasteiger partial charge is 0.189 e. The van der Waals surface area contributed by atoms with Crippen molar-refractivity contribution < 1.29 is 4.39 Å². The largest absolute Gasteiger partial charge is 0.366 e. The van der Waals surface area contributed by atoms with E-state index in [1.165, 1.54) is 12.1 Å². The first kappa shape index (κ1) is 14.0. The summed E-state index contributed by atoms with van der Waals surface area (Å²) in [5.41, 5.74) is 6.75. The predicted molar refractivity (Wildman–Crippen MR) is 86.3 cm³/mol. The van der Waals surface area contributed by atoms with Gasteiger partial charge in [0, 0.05) is 37.4 Å². The van der Waals surface area contributed by atoms with Gasteiger partial charge >= 0.3 is 0 Å². The number of nitrogens with zero attached hydrogens (tertiary/aromatic N) is 2. The number of hydrogen-bond donors (Lipinski definition) is 1. The van der Waals surface area contributed by atoms with Crippen LogP contribution in [0.1, 0.15) is 25.3 Å². The fraction of sp³-hybridized carbons (Fsp3) is 0.438. The van der Waals surface area contributed by atoms with Crippen molar-refractivity contribution in [2.75, 3.05) is 18.0 Å². The van der Waals surface area contributed by atoms with E-state index < -0.39 is 5.82 Å². The molecular weight excluding hydrogens is 305 g/mol. The Morgan fingerprint density at radius 3 is 2.73 bits per heavy atom. The first-order valence-electron chi connectivity index (χ1n) is 7.59. The van der Waals surface area contributed by atoms with Crippen molar-refractivity contribution in [2.24, 2.45) is 5.73 Å². The SMILES string of the molecule is NC1CCN(c2c(F)cc3c(=O)ccn(C4CC4)c3c2Cl)C1. The van der Waals surface area contributed by atoms with E-state index in [0.717, 1.165) is 19.3 Å². The molecule has 2 aliphatic rings. The van der Waals surface area contributed by atoms with Crippen LogP contribution in [0.4, 0.5) is 10.1 Å². The number of aromatic nitrogens is 1. The number of benzene rings is 1. The Morgan fingerprint density at radius 2 is 2.09 bits per heavy atom. The van der Waals surface area contributed by atoms with Gasteiger partial charge in [-0.3, -0.25) is 4.79 Å². The number of anilines is 1. The van der Waals surface area contributed by atoms with Crippen LogP contribution < -0.4 is 16.1 Å². The number of rotatable bonds is 2. The van der Waals surface area contributed by atoms with Crippen molar-refractivity contribution in [1.29, 1.82) is 0 Å². The predicted octanol–water partition coefficient (Wildman–Crippen LogP) is 2.67. The molecule has 4 nitrogen and oxygen atoms in total. The van der Waals surface area contributed by atoms with E-state index in [-0.39, 0.29) is 11.5 Å². The minimum Gasteiger partial charge on any atom is -0.366 e. The second-order valence-electron chi connectivity index (χ2n) is 6.23. The molecule has 1 atom stereocenters. The first-order chi connectivity index (χ1) is 10.6. The molecule has 2 fully saturated rings. The zero-order chi connectivity index (χ0) is 15.4. The van der Waals surface area contributed by atoms with Gasteiger partial charge in [0.05, 0.1) is 21.6 Å². The molecule has 0 spiro atoms. The number of fused-ring (bicyclic) bond motifs is 1. The third-order valence-corrected chi connectivity index (χ3v) is 4.92. The first-order valence-corrected chi connectivity index (χ1v) is 7.97. The molecule has 0 radical (unpaired) electrons. The standard InChI is InChI=1S/C16H17ClFN3O/c17-14-15-11(13(22)4-6-21(15)10-1-2-10)7-12(18)16(14)20-5-3-9(19)8-20/h4,6-7,9-10H,1-3,5,8,19H2. The fourth-order valence-electron chi connectivity index (χ4n) is 3.29. The van der Waals surface area contributed by atoms with Crippen LogP contribution in [0.5, 0.6) is 0 Å². The second-order valence-corrected chi connectivity index (χ2v) is 6.61. The summed E-state index contributed by atoms with van der Waals surface area (Å²) in [5, 5.41) is 0.679. The zero-order valence-corrected chi connectivity index (χ0v) is 12.8. The molecule has 22 heavy (non-hydrogen) atoms. The highest BCUT2D eigenvalue weighted by Gasteiger charge is 2.29. The van der Waals surface area contributed by atoms with Crippen LogP contribution >= 0.6 is 11.6 Å². The number of nitrogens with two attached hydrogens (primary N) is 1.